The van der Waals surface area contributed by atoms with Crippen molar-refractivity contribution in [2.45, 2.75) is 52.9 Å². The van der Waals surface area contributed by atoms with E-state index in [-0.39, 0.29) is 24.2 Å². The Morgan fingerprint density at radius 1 is 1.25 bits per heavy atom. The fraction of sp³-hybridized carbons (Fsp3) is 0.643. The number of rotatable bonds is 5. The van der Waals surface area contributed by atoms with Crippen LogP contribution in [0, 0.1) is 5.41 Å². The Hall–Kier alpha value is -1.43. The first kappa shape index (κ1) is 16.6. The van der Waals surface area contributed by atoms with Crippen LogP contribution in [0.2, 0.25) is 0 Å². The summed E-state index contributed by atoms with van der Waals surface area (Å²) in [5.74, 6) is -1.10. The van der Waals surface area contributed by atoms with Gasteiger partial charge in [-0.05, 0) is 5.41 Å². The highest BCUT2D eigenvalue weighted by Crippen LogP contribution is 2.28. The van der Waals surface area contributed by atoms with Gasteiger partial charge in [-0.25, -0.2) is 4.98 Å². The molecule has 0 aliphatic heterocycles. The third kappa shape index (κ3) is 5.28. The van der Waals surface area contributed by atoms with E-state index in [1.807, 2.05) is 5.38 Å². The number of hydrogen-bond donors (Lipinski definition) is 2. The quantitative estimate of drug-likeness (QED) is 0.874. The van der Waals surface area contributed by atoms with Gasteiger partial charge in [0.2, 0.25) is 5.91 Å². The van der Waals surface area contributed by atoms with E-state index in [2.05, 4.69) is 31.1 Å². The molecule has 0 aromatic carbocycles. The number of carboxylic acids is 1. The molecule has 0 radical (unpaired) electrons. The van der Waals surface area contributed by atoms with E-state index in [1.165, 1.54) is 11.3 Å². The second kappa shape index (κ2) is 5.91. The summed E-state index contributed by atoms with van der Waals surface area (Å²) in [5, 5.41) is 14.0. The van der Waals surface area contributed by atoms with Crippen molar-refractivity contribution in [2.24, 2.45) is 5.41 Å². The van der Waals surface area contributed by atoms with Gasteiger partial charge in [-0.15, -0.1) is 11.3 Å². The summed E-state index contributed by atoms with van der Waals surface area (Å²) in [7, 11) is 0. The third-order valence-corrected chi connectivity index (χ3v) is 3.55. The molecule has 0 atom stereocenters. The first-order valence-corrected chi connectivity index (χ1v) is 7.35. The largest absolute Gasteiger partial charge is 0.481 e. The SMILES string of the molecule is CC(C)(CC(=O)O)CC(=O)Nc1nc(C(C)(C)C)cs1. The maximum atomic E-state index is 11.9. The van der Waals surface area contributed by atoms with Crippen molar-refractivity contribution < 1.29 is 14.7 Å². The van der Waals surface area contributed by atoms with E-state index >= 15 is 0 Å². The van der Waals surface area contributed by atoms with Crippen LogP contribution in [-0.4, -0.2) is 22.0 Å². The zero-order chi connectivity index (χ0) is 15.6. The summed E-state index contributed by atoms with van der Waals surface area (Å²) >= 11 is 1.39. The zero-order valence-electron chi connectivity index (χ0n) is 12.6. The van der Waals surface area contributed by atoms with Crippen molar-refractivity contribution >= 4 is 28.3 Å². The fourth-order valence-corrected chi connectivity index (χ4v) is 2.70. The Morgan fingerprint density at radius 2 is 1.85 bits per heavy atom. The number of nitrogens with zero attached hydrogens (tertiary/aromatic N) is 1. The van der Waals surface area contributed by atoms with Gasteiger partial charge in [-0.1, -0.05) is 34.6 Å². The summed E-state index contributed by atoms with van der Waals surface area (Å²) in [6.45, 7) is 9.71. The lowest BCUT2D eigenvalue weighted by Gasteiger charge is -2.21. The molecular weight excluding hydrogens is 276 g/mol. The van der Waals surface area contributed by atoms with Gasteiger partial charge in [0.05, 0.1) is 12.1 Å². The van der Waals surface area contributed by atoms with Crippen molar-refractivity contribution in [3.8, 4) is 0 Å². The minimum atomic E-state index is -0.896. The van der Waals surface area contributed by atoms with Crippen LogP contribution < -0.4 is 5.32 Å². The second-order valence-corrected chi connectivity index (χ2v) is 7.61. The molecule has 1 amide bonds. The molecule has 0 aliphatic rings. The van der Waals surface area contributed by atoms with Crippen molar-refractivity contribution in [2.75, 3.05) is 5.32 Å². The average Bonchev–Trinajstić information content (AvgIpc) is 2.61. The molecule has 112 valence electrons. The molecular formula is C14H22N2O3S. The molecule has 0 fully saturated rings. The number of anilines is 1. The summed E-state index contributed by atoms with van der Waals surface area (Å²) < 4.78 is 0. The molecule has 0 aliphatic carbocycles. The lowest BCUT2D eigenvalue weighted by molar-refractivity contribution is -0.139. The van der Waals surface area contributed by atoms with Gasteiger partial charge in [0.15, 0.2) is 5.13 Å². The number of aliphatic carboxylic acids is 1. The number of thiazole rings is 1. The zero-order valence-corrected chi connectivity index (χ0v) is 13.4. The first-order chi connectivity index (χ1) is 8.99. The number of carbonyl (C=O) groups is 2. The van der Waals surface area contributed by atoms with Gasteiger partial charge in [0, 0.05) is 17.2 Å². The molecule has 0 spiro atoms. The van der Waals surface area contributed by atoms with Gasteiger partial charge in [-0.2, -0.15) is 0 Å². The topological polar surface area (TPSA) is 79.3 Å². The van der Waals surface area contributed by atoms with E-state index in [4.69, 9.17) is 5.11 Å². The molecule has 1 aromatic heterocycles. The van der Waals surface area contributed by atoms with Gasteiger partial charge >= 0.3 is 5.97 Å². The number of aromatic nitrogens is 1. The van der Waals surface area contributed by atoms with Crippen molar-refractivity contribution in [1.82, 2.24) is 4.98 Å². The molecule has 1 heterocycles. The van der Waals surface area contributed by atoms with Crippen LogP contribution in [0.1, 0.15) is 53.2 Å². The van der Waals surface area contributed by atoms with Crippen LogP contribution in [-0.2, 0) is 15.0 Å². The van der Waals surface area contributed by atoms with Gasteiger partial charge in [0.25, 0.3) is 0 Å². The normalized spacial score (nSPS) is 12.2. The Labute approximate surface area is 123 Å². The maximum absolute atomic E-state index is 11.9. The van der Waals surface area contributed by atoms with Crippen molar-refractivity contribution in [3.05, 3.63) is 11.1 Å². The molecule has 1 rings (SSSR count). The maximum Gasteiger partial charge on any atom is 0.303 e. The average molecular weight is 298 g/mol. The molecule has 0 unspecified atom stereocenters. The minimum Gasteiger partial charge on any atom is -0.481 e. The summed E-state index contributed by atoms with van der Waals surface area (Å²) in [4.78, 5) is 27.0. The van der Waals surface area contributed by atoms with Crippen LogP contribution in [0.15, 0.2) is 5.38 Å². The van der Waals surface area contributed by atoms with Gasteiger partial charge in [0.1, 0.15) is 0 Å². The molecule has 0 saturated heterocycles. The summed E-state index contributed by atoms with van der Waals surface area (Å²) in [5.41, 5.74) is 0.310. The monoisotopic (exact) mass is 298 g/mol. The van der Waals surface area contributed by atoms with E-state index in [0.717, 1.165) is 5.69 Å². The standard InChI is InChI=1S/C14H22N2O3S/c1-13(2,3)9-8-20-12(15-9)16-10(17)6-14(4,5)7-11(18)19/h8H,6-7H2,1-5H3,(H,18,19)(H,15,16,17). The molecule has 1 aromatic rings. The predicted molar refractivity (Wildman–Crippen MR) is 80.1 cm³/mol. The van der Waals surface area contributed by atoms with Gasteiger partial charge < -0.3 is 10.4 Å². The number of nitrogens with one attached hydrogen (secondary N) is 1. The number of carboxylic acid groups (broad SMARTS) is 1. The van der Waals surface area contributed by atoms with Crippen molar-refractivity contribution in [1.29, 1.82) is 0 Å². The minimum absolute atomic E-state index is 0.0362. The van der Waals surface area contributed by atoms with E-state index in [9.17, 15) is 9.59 Å². The Balaban J connectivity index is 2.63. The van der Waals surface area contributed by atoms with Gasteiger partial charge in [-0.3, -0.25) is 9.59 Å². The molecule has 0 saturated carbocycles. The highest BCUT2D eigenvalue weighted by molar-refractivity contribution is 7.13. The molecule has 2 N–H and O–H groups in total. The van der Waals surface area contributed by atoms with Crippen LogP contribution in [0.25, 0.3) is 0 Å². The van der Waals surface area contributed by atoms with E-state index in [1.54, 1.807) is 13.8 Å². The third-order valence-electron chi connectivity index (χ3n) is 2.79. The Kier molecular flexibility index (Phi) is 4.91. The predicted octanol–water partition coefficient (Wildman–Crippen LogP) is 3.27. The molecule has 5 nitrogen and oxygen atoms in total. The fourth-order valence-electron chi connectivity index (χ4n) is 1.75. The number of amides is 1. The smallest absolute Gasteiger partial charge is 0.303 e. The van der Waals surface area contributed by atoms with Crippen LogP contribution >= 0.6 is 11.3 Å². The highest BCUT2D eigenvalue weighted by atomic mass is 32.1. The lowest BCUT2D eigenvalue weighted by Crippen LogP contribution is -2.24. The van der Waals surface area contributed by atoms with E-state index in [0.29, 0.717) is 5.13 Å². The Morgan fingerprint density at radius 3 is 2.30 bits per heavy atom. The van der Waals surface area contributed by atoms with Crippen LogP contribution in [0.3, 0.4) is 0 Å². The van der Waals surface area contributed by atoms with Crippen LogP contribution in [0.4, 0.5) is 5.13 Å². The van der Waals surface area contributed by atoms with Crippen molar-refractivity contribution in [3.63, 3.8) is 0 Å². The molecule has 6 heteroatoms. The lowest BCUT2D eigenvalue weighted by atomic mass is 9.85. The van der Waals surface area contributed by atoms with E-state index < -0.39 is 11.4 Å². The Bertz CT molecular complexity index is 501. The highest BCUT2D eigenvalue weighted by Gasteiger charge is 2.26. The van der Waals surface area contributed by atoms with Crippen LogP contribution in [0.5, 0.6) is 0 Å². The number of hydrogen-bond acceptors (Lipinski definition) is 4. The number of carbonyl (C=O) groups excluding carboxylic acids is 1. The summed E-state index contributed by atoms with van der Waals surface area (Å²) in [6.07, 6.45) is 0.120. The summed E-state index contributed by atoms with van der Waals surface area (Å²) in [6, 6.07) is 0. The first-order valence-electron chi connectivity index (χ1n) is 6.47. The second-order valence-electron chi connectivity index (χ2n) is 6.75. The molecule has 0 bridgehead atoms. The molecule has 20 heavy (non-hydrogen) atoms.